The zero-order valence-electron chi connectivity index (χ0n) is 10.9. The van der Waals surface area contributed by atoms with E-state index < -0.39 is 0 Å². The van der Waals surface area contributed by atoms with Crippen LogP contribution in [0, 0.1) is 5.92 Å². The second-order valence-corrected chi connectivity index (χ2v) is 5.52. The smallest absolute Gasteiger partial charge is 0.0434 e. The summed E-state index contributed by atoms with van der Waals surface area (Å²) in [6.07, 6.45) is 12.7. The Morgan fingerprint density at radius 2 is 1.75 bits per heavy atom. The highest BCUT2D eigenvalue weighted by Gasteiger charge is 2.49. The van der Waals surface area contributed by atoms with Crippen molar-refractivity contribution in [1.29, 1.82) is 0 Å². The van der Waals surface area contributed by atoms with Crippen LogP contribution in [-0.2, 0) is 0 Å². The van der Waals surface area contributed by atoms with E-state index in [0.29, 0.717) is 12.5 Å². The summed E-state index contributed by atoms with van der Waals surface area (Å²) < 4.78 is 0. The molecule has 1 saturated carbocycles. The highest BCUT2D eigenvalue weighted by Crippen LogP contribution is 2.46. The van der Waals surface area contributed by atoms with Crippen LogP contribution in [-0.4, -0.2) is 17.3 Å². The molecule has 0 aromatic rings. The Morgan fingerprint density at radius 1 is 1.12 bits per heavy atom. The Hall–Kier alpha value is -0.0800. The summed E-state index contributed by atoms with van der Waals surface area (Å²) in [7, 11) is 0. The summed E-state index contributed by atoms with van der Waals surface area (Å²) >= 11 is 0. The maximum Gasteiger partial charge on any atom is 0.0434 e. The van der Waals surface area contributed by atoms with Crippen LogP contribution in [0.5, 0.6) is 0 Å². The van der Waals surface area contributed by atoms with Crippen LogP contribution in [0.4, 0.5) is 0 Å². The van der Waals surface area contributed by atoms with Crippen molar-refractivity contribution >= 4 is 0 Å². The predicted octanol–water partition coefficient (Wildman–Crippen LogP) is 3.23. The van der Waals surface area contributed by atoms with Gasteiger partial charge in [0.15, 0.2) is 0 Å². The first-order chi connectivity index (χ1) is 7.73. The van der Waals surface area contributed by atoms with Crippen LogP contribution < -0.4 is 5.73 Å². The molecular formula is C14H29NO. The molecule has 1 rings (SSSR count). The lowest BCUT2D eigenvalue weighted by Gasteiger charge is -2.10. The normalized spacial score (nSPS) is 28.3. The Balaban J connectivity index is 1.88. The number of rotatable bonds is 10. The largest absolute Gasteiger partial charge is 0.396 e. The van der Waals surface area contributed by atoms with Gasteiger partial charge in [-0.05, 0) is 25.2 Å². The molecule has 3 N–H and O–H groups in total. The molecular weight excluding hydrogens is 198 g/mol. The molecule has 0 heterocycles. The van der Waals surface area contributed by atoms with Crippen LogP contribution in [0.25, 0.3) is 0 Å². The van der Waals surface area contributed by atoms with Gasteiger partial charge in [-0.15, -0.1) is 0 Å². The molecule has 0 amide bonds. The molecule has 96 valence electrons. The standard InChI is InChI=1S/C14H29NO/c1-2-3-4-5-6-7-8-10-14(15)12-13(14)9-11-16/h13,16H,2-12,15H2,1H3/t13-,14+/m1/s1. The molecule has 0 aromatic carbocycles. The van der Waals surface area contributed by atoms with E-state index in [1.165, 1.54) is 51.4 Å². The third-order valence-electron chi connectivity index (χ3n) is 4.00. The van der Waals surface area contributed by atoms with Gasteiger partial charge in [0.2, 0.25) is 0 Å². The molecule has 2 heteroatoms. The summed E-state index contributed by atoms with van der Waals surface area (Å²) in [5, 5.41) is 8.85. The Bertz CT molecular complexity index is 184. The Kier molecular flexibility index (Phi) is 6.37. The molecule has 1 aliphatic rings. The number of nitrogens with two attached hydrogens (primary N) is 1. The molecule has 2 atom stereocenters. The first kappa shape index (κ1) is 14.0. The minimum Gasteiger partial charge on any atom is -0.396 e. The zero-order chi connectivity index (χ0) is 11.9. The van der Waals surface area contributed by atoms with Crippen molar-refractivity contribution in [3.63, 3.8) is 0 Å². The molecule has 1 fully saturated rings. The molecule has 0 aromatic heterocycles. The highest BCUT2D eigenvalue weighted by atomic mass is 16.3. The topological polar surface area (TPSA) is 46.2 Å². The monoisotopic (exact) mass is 227 g/mol. The maximum atomic E-state index is 8.85. The number of hydrogen-bond acceptors (Lipinski definition) is 2. The van der Waals surface area contributed by atoms with E-state index in [9.17, 15) is 0 Å². The SMILES string of the molecule is CCCCCCCCC[C@]1(N)C[C@H]1CCO. The molecule has 2 nitrogen and oxygen atoms in total. The van der Waals surface area contributed by atoms with Crippen LogP contribution in [0.1, 0.15) is 71.1 Å². The fraction of sp³-hybridized carbons (Fsp3) is 1.00. The van der Waals surface area contributed by atoms with Gasteiger partial charge in [-0.2, -0.15) is 0 Å². The van der Waals surface area contributed by atoms with Crippen molar-refractivity contribution < 1.29 is 5.11 Å². The van der Waals surface area contributed by atoms with Gasteiger partial charge in [0.05, 0.1) is 0 Å². The van der Waals surface area contributed by atoms with E-state index in [0.717, 1.165) is 12.8 Å². The second-order valence-electron chi connectivity index (χ2n) is 5.52. The van der Waals surface area contributed by atoms with Gasteiger partial charge in [-0.25, -0.2) is 0 Å². The minimum absolute atomic E-state index is 0.103. The molecule has 16 heavy (non-hydrogen) atoms. The Labute approximate surface area is 101 Å². The van der Waals surface area contributed by atoms with E-state index in [1.54, 1.807) is 0 Å². The van der Waals surface area contributed by atoms with Crippen molar-refractivity contribution in [1.82, 2.24) is 0 Å². The lowest BCUT2D eigenvalue weighted by Crippen LogP contribution is -2.25. The fourth-order valence-electron chi connectivity index (χ4n) is 2.66. The quantitative estimate of drug-likeness (QED) is 0.563. The molecule has 1 aliphatic carbocycles. The molecule has 0 radical (unpaired) electrons. The van der Waals surface area contributed by atoms with Gasteiger partial charge in [0.25, 0.3) is 0 Å². The van der Waals surface area contributed by atoms with Crippen LogP contribution in [0.3, 0.4) is 0 Å². The van der Waals surface area contributed by atoms with Gasteiger partial charge in [0, 0.05) is 12.1 Å². The van der Waals surface area contributed by atoms with E-state index in [1.807, 2.05) is 0 Å². The average Bonchev–Trinajstić information content (AvgIpc) is 2.89. The number of aliphatic hydroxyl groups is 1. The van der Waals surface area contributed by atoms with E-state index >= 15 is 0 Å². The third-order valence-corrected chi connectivity index (χ3v) is 4.00. The van der Waals surface area contributed by atoms with Gasteiger partial charge in [-0.1, -0.05) is 51.9 Å². The van der Waals surface area contributed by atoms with Crippen molar-refractivity contribution in [2.75, 3.05) is 6.61 Å². The van der Waals surface area contributed by atoms with Crippen LogP contribution >= 0.6 is 0 Å². The summed E-state index contributed by atoms with van der Waals surface area (Å²) in [6, 6.07) is 0. The third kappa shape index (κ3) is 4.84. The first-order valence-electron chi connectivity index (χ1n) is 7.12. The van der Waals surface area contributed by atoms with E-state index in [2.05, 4.69) is 6.92 Å². The molecule has 0 unspecified atom stereocenters. The maximum absolute atomic E-state index is 8.85. The van der Waals surface area contributed by atoms with E-state index in [4.69, 9.17) is 10.8 Å². The van der Waals surface area contributed by atoms with Crippen LogP contribution in [0.15, 0.2) is 0 Å². The number of aliphatic hydroxyl groups excluding tert-OH is 1. The van der Waals surface area contributed by atoms with Crippen molar-refractivity contribution in [2.24, 2.45) is 11.7 Å². The first-order valence-corrected chi connectivity index (χ1v) is 7.12. The predicted molar refractivity (Wildman–Crippen MR) is 69.3 cm³/mol. The van der Waals surface area contributed by atoms with Crippen molar-refractivity contribution in [3.05, 3.63) is 0 Å². The van der Waals surface area contributed by atoms with Gasteiger partial charge < -0.3 is 10.8 Å². The fourth-order valence-corrected chi connectivity index (χ4v) is 2.66. The van der Waals surface area contributed by atoms with Gasteiger partial charge in [0.1, 0.15) is 0 Å². The Morgan fingerprint density at radius 3 is 2.38 bits per heavy atom. The molecule has 0 spiro atoms. The lowest BCUT2D eigenvalue weighted by atomic mass is 10.0. The summed E-state index contributed by atoms with van der Waals surface area (Å²) in [4.78, 5) is 0. The second kappa shape index (κ2) is 7.29. The summed E-state index contributed by atoms with van der Waals surface area (Å²) in [6.45, 7) is 2.56. The molecule has 0 aliphatic heterocycles. The number of unbranched alkanes of at least 4 members (excludes halogenated alkanes) is 6. The number of hydrogen-bond donors (Lipinski definition) is 2. The van der Waals surface area contributed by atoms with Gasteiger partial charge >= 0.3 is 0 Å². The molecule has 0 bridgehead atoms. The van der Waals surface area contributed by atoms with Crippen molar-refractivity contribution in [2.45, 2.75) is 76.7 Å². The summed E-state index contributed by atoms with van der Waals surface area (Å²) in [5.74, 6) is 0.609. The molecule has 0 saturated heterocycles. The van der Waals surface area contributed by atoms with Crippen molar-refractivity contribution in [3.8, 4) is 0 Å². The van der Waals surface area contributed by atoms with Gasteiger partial charge in [-0.3, -0.25) is 0 Å². The average molecular weight is 227 g/mol. The summed E-state index contributed by atoms with van der Waals surface area (Å²) in [5.41, 5.74) is 6.33. The van der Waals surface area contributed by atoms with E-state index in [-0.39, 0.29) is 5.54 Å². The highest BCUT2D eigenvalue weighted by molar-refractivity contribution is 5.07. The zero-order valence-corrected chi connectivity index (χ0v) is 10.9. The minimum atomic E-state index is 0.103. The van der Waals surface area contributed by atoms with Crippen LogP contribution in [0.2, 0.25) is 0 Å². The lowest BCUT2D eigenvalue weighted by molar-refractivity contribution is 0.273.